The topological polar surface area (TPSA) is 45.0 Å². The molecular formula is C23H26FN3. The largest absolute Gasteiger partial charge is 0.399 e. The molecule has 1 aromatic heterocycles. The Morgan fingerprint density at radius 1 is 1.04 bits per heavy atom. The number of fused-ring (bicyclic) bond motifs is 2. The van der Waals surface area contributed by atoms with Crippen LogP contribution in [0.25, 0.3) is 10.9 Å². The summed E-state index contributed by atoms with van der Waals surface area (Å²) in [6, 6.07) is 11.4. The van der Waals surface area contributed by atoms with Crippen LogP contribution in [0.3, 0.4) is 0 Å². The second-order valence-electron chi connectivity index (χ2n) is 8.20. The van der Waals surface area contributed by atoms with Gasteiger partial charge >= 0.3 is 0 Å². The zero-order valence-corrected chi connectivity index (χ0v) is 15.5. The van der Waals surface area contributed by atoms with Gasteiger partial charge in [0.05, 0.1) is 0 Å². The van der Waals surface area contributed by atoms with Gasteiger partial charge in [0.25, 0.3) is 0 Å². The minimum Gasteiger partial charge on any atom is -0.399 e. The maximum absolute atomic E-state index is 13.7. The Hall–Kier alpha value is -2.33. The van der Waals surface area contributed by atoms with Gasteiger partial charge in [-0.15, -0.1) is 0 Å². The second-order valence-corrected chi connectivity index (χ2v) is 8.20. The normalized spacial score (nSPS) is 21.0. The smallest absolute Gasteiger partial charge is 0.123 e. The number of nitrogens with two attached hydrogens (primary N) is 1. The fraction of sp³-hybridized carbons (Fsp3) is 0.391. The number of benzene rings is 2. The lowest BCUT2D eigenvalue weighted by atomic mass is 9.88. The van der Waals surface area contributed by atoms with Crippen LogP contribution < -0.4 is 5.73 Å². The first kappa shape index (κ1) is 16.8. The van der Waals surface area contributed by atoms with E-state index in [2.05, 4.69) is 28.2 Å². The van der Waals surface area contributed by atoms with Crippen LogP contribution in [0.4, 0.5) is 10.1 Å². The van der Waals surface area contributed by atoms with Crippen molar-refractivity contribution in [3.63, 3.8) is 0 Å². The van der Waals surface area contributed by atoms with Crippen molar-refractivity contribution in [2.45, 2.75) is 37.5 Å². The molecule has 4 heteroatoms. The van der Waals surface area contributed by atoms with E-state index in [9.17, 15) is 4.39 Å². The molecule has 0 amide bonds. The number of nitrogen functional groups attached to an aromatic ring is 1. The van der Waals surface area contributed by atoms with Crippen molar-refractivity contribution >= 4 is 16.6 Å². The highest BCUT2D eigenvalue weighted by Crippen LogP contribution is 2.37. The average molecular weight is 363 g/mol. The summed E-state index contributed by atoms with van der Waals surface area (Å²) in [7, 11) is 0. The third kappa shape index (κ3) is 3.12. The molecule has 27 heavy (non-hydrogen) atoms. The average Bonchev–Trinajstić information content (AvgIpc) is 3.26. The summed E-state index contributed by atoms with van der Waals surface area (Å²) in [4.78, 5) is 5.91. The van der Waals surface area contributed by atoms with E-state index in [0.717, 1.165) is 49.1 Å². The van der Waals surface area contributed by atoms with E-state index in [-0.39, 0.29) is 5.82 Å². The highest BCUT2D eigenvalue weighted by Gasteiger charge is 2.28. The van der Waals surface area contributed by atoms with Crippen LogP contribution >= 0.6 is 0 Å². The molecule has 2 heterocycles. The molecule has 140 valence electrons. The number of aromatic amines is 1. The van der Waals surface area contributed by atoms with Crippen molar-refractivity contribution in [2.24, 2.45) is 0 Å². The number of nitrogens with zero attached hydrogens (tertiary/aromatic N) is 1. The fourth-order valence-electron chi connectivity index (χ4n) is 5.09. The zero-order valence-electron chi connectivity index (χ0n) is 15.5. The summed E-state index contributed by atoms with van der Waals surface area (Å²) in [5.41, 5.74) is 12.1. The maximum atomic E-state index is 13.7. The first-order chi connectivity index (χ1) is 13.2. The summed E-state index contributed by atoms with van der Waals surface area (Å²) in [6.07, 6.45) is 6.78. The van der Waals surface area contributed by atoms with Gasteiger partial charge in [0.2, 0.25) is 0 Å². The number of aryl methyl sites for hydroxylation is 1. The summed E-state index contributed by atoms with van der Waals surface area (Å²) in [5.74, 6) is 0.977. The van der Waals surface area contributed by atoms with Gasteiger partial charge in [-0.3, -0.25) is 0 Å². The third-order valence-electron chi connectivity index (χ3n) is 6.55. The van der Waals surface area contributed by atoms with E-state index in [1.807, 2.05) is 12.1 Å². The molecule has 1 atom stereocenters. The molecular weight excluding hydrogens is 337 g/mol. The number of rotatable bonds is 3. The maximum Gasteiger partial charge on any atom is 0.123 e. The number of halogens is 1. The molecule has 3 nitrogen and oxygen atoms in total. The second kappa shape index (κ2) is 6.68. The third-order valence-corrected chi connectivity index (χ3v) is 6.55. The SMILES string of the molecule is Nc1ccc2c(c1)C(CN1CCC(c3c[nH]c4ccc(F)cc34)CC1)CC2. The van der Waals surface area contributed by atoms with Crippen molar-refractivity contribution in [3.05, 3.63) is 65.1 Å². The van der Waals surface area contributed by atoms with E-state index in [1.165, 1.54) is 35.6 Å². The predicted octanol–water partition coefficient (Wildman–Crippen LogP) is 4.80. The first-order valence-corrected chi connectivity index (χ1v) is 10.0. The fourth-order valence-corrected chi connectivity index (χ4v) is 5.09. The Morgan fingerprint density at radius 2 is 1.89 bits per heavy atom. The van der Waals surface area contributed by atoms with E-state index >= 15 is 0 Å². The van der Waals surface area contributed by atoms with E-state index in [0.29, 0.717) is 11.8 Å². The number of likely N-dealkylation sites (tertiary alicyclic amines) is 1. The number of aromatic nitrogens is 1. The highest BCUT2D eigenvalue weighted by atomic mass is 19.1. The summed E-state index contributed by atoms with van der Waals surface area (Å²) in [6.45, 7) is 3.35. The van der Waals surface area contributed by atoms with Gasteiger partial charge in [-0.2, -0.15) is 0 Å². The van der Waals surface area contributed by atoms with Crippen molar-refractivity contribution in [2.75, 3.05) is 25.4 Å². The molecule has 2 aliphatic rings. The standard InChI is InChI=1S/C23H26FN3/c24-18-4-6-23-21(11-18)22(13-26-23)16-7-9-27(10-8-16)14-17-2-1-15-3-5-19(25)12-20(15)17/h3-6,11-13,16-17,26H,1-2,7-10,14,25H2. The molecule has 1 saturated heterocycles. The molecule has 2 aromatic carbocycles. The van der Waals surface area contributed by atoms with Crippen LogP contribution in [0, 0.1) is 5.82 Å². The Bertz CT molecular complexity index is 969. The van der Waals surface area contributed by atoms with Crippen molar-refractivity contribution in [1.29, 1.82) is 0 Å². The number of H-pyrrole nitrogens is 1. The molecule has 1 fully saturated rings. The van der Waals surface area contributed by atoms with Gasteiger partial charge in [-0.05, 0) is 97.6 Å². The van der Waals surface area contributed by atoms with Crippen LogP contribution in [-0.2, 0) is 6.42 Å². The van der Waals surface area contributed by atoms with Gasteiger partial charge in [0.1, 0.15) is 5.82 Å². The molecule has 0 spiro atoms. The molecule has 0 saturated carbocycles. The number of hydrogen-bond donors (Lipinski definition) is 2. The first-order valence-electron chi connectivity index (χ1n) is 10.0. The Labute approximate surface area is 159 Å². The summed E-state index contributed by atoms with van der Waals surface area (Å²) < 4.78 is 13.7. The quantitative estimate of drug-likeness (QED) is 0.657. The molecule has 5 rings (SSSR count). The Balaban J connectivity index is 1.26. The van der Waals surface area contributed by atoms with Crippen LogP contribution in [0.5, 0.6) is 0 Å². The highest BCUT2D eigenvalue weighted by molar-refractivity contribution is 5.83. The number of nitrogens with one attached hydrogen (secondary N) is 1. The predicted molar refractivity (Wildman–Crippen MR) is 109 cm³/mol. The lowest BCUT2D eigenvalue weighted by Crippen LogP contribution is -2.35. The van der Waals surface area contributed by atoms with Crippen LogP contribution in [0.15, 0.2) is 42.6 Å². The molecule has 1 aliphatic carbocycles. The van der Waals surface area contributed by atoms with E-state index < -0.39 is 0 Å². The van der Waals surface area contributed by atoms with Crippen LogP contribution in [0.1, 0.15) is 47.8 Å². The zero-order chi connectivity index (χ0) is 18.4. The van der Waals surface area contributed by atoms with Crippen LogP contribution in [0.2, 0.25) is 0 Å². The molecule has 1 unspecified atom stereocenters. The van der Waals surface area contributed by atoms with Gasteiger partial charge in [0.15, 0.2) is 0 Å². The Morgan fingerprint density at radius 3 is 2.74 bits per heavy atom. The molecule has 0 bridgehead atoms. The van der Waals surface area contributed by atoms with Crippen LogP contribution in [-0.4, -0.2) is 29.5 Å². The summed E-state index contributed by atoms with van der Waals surface area (Å²) >= 11 is 0. The molecule has 3 N–H and O–H groups in total. The van der Waals surface area contributed by atoms with Crippen molar-refractivity contribution in [1.82, 2.24) is 9.88 Å². The number of piperidine rings is 1. The minimum absolute atomic E-state index is 0.153. The number of anilines is 1. The monoisotopic (exact) mass is 363 g/mol. The molecule has 3 aromatic rings. The summed E-state index contributed by atoms with van der Waals surface area (Å²) in [5, 5.41) is 1.05. The molecule has 1 aliphatic heterocycles. The Kier molecular flexibility index (Phi) is 4.16. The van der Waals surface area contributed by atoms with Crippen molar-refractivity contribution in [3.8, 4) is 0 Å². The van der Waals surface area contributed by atoms with E-state index in [1.54, 1.807) is 6.07 Å². The van der Waals surface area contributed by atoms with Gasteiger partial charge in [-0.25, -0.2) is 4.39 Å². The van der Waals surface area contributed by atoms with E-state index in [4.69, 9.17) is 5.73 Å². The lowest BCUT2D eigenvalue weighted by molar-refractivity contribution is 0.200. The minimum atomic E-state index is -0.153. The van der Waals surface area contributed by atoms with Gasteiger partial charge < -0.3 is 15.6 Å². The molecule has 0 radical (unpaired) electrons. The number of hydrogen-bond acceptors (Lipinski definition) is 2. The van der Waals surface area contributed by atoms with Gasteiger partial charge in [0, 0.05) is 29.3 Å². The van der Waals surface area contributed by atoms with Gasteiger partial charge in [-0.1, -0.05) is 6.07 Å². The van der Waals surface area contributed by atoms with Crippen molar-refractivity contribution < 1.29 is 4.39 Å². The lowest BCUT2D eigenvalue weighted by Gasteiger charge is -2.33.